The number of aromatic nitrogens is 3. The van der Waals surface area contributed by atoms with Gasteiger partial charge in [-0.1, -0.05) is 17.8 Å². The van der Waals surface area contributed by atoms with Gasteiger partial charge < -0.3 is 10.2 Å². The van der Waals surface area contributed by atoms with Gasteiger partial charge in [-0.05, 0) is 19.9 Å². The molecule has 0 fully saturated rings. The Morgan fingerprint density at radius 2 is 2.33 bits per heavy atom. The highest BCUT2D eigenvalue weighted by atomic mass is 32.2. The van der Waals surface area contributed by atoms with Crippen LogP contribution in [0.4, 0.5) is 0 Å². The zero-order chi connectivity index (χ0) is 17.7. The Hall–Kier alpha value is -2.79. The second-order valence-corrected chi connectivity index (χ2v) is 5.92. The molecule has 0 saturated carbocycles. The highest BCUT2D eigenvalue weighted by molar-refractivity contribution is 7.99. The van der Waals surface area contributed by atoms with Crippen LogP contribution in [0.25, 0.3) is 11.4 Å². The predicted octanol–water partition coefficient (Wildman–Crippen LogP) is 2.45. The molecular weight excluding hydrogens is 326 g/mol. The highest BCUT2D eigenvalue weighted by Gasteiger charge is 2.19. The van der Waals surface area contributed by atoms with Crippen molar-refractivity contribution in [3.8, 4) is 17.5 Å². The molecule has 2 aromatic rings. The fraction of sp³-hybridized carbons (Fsp3) is 0.250. The fourth-order valence-corrected chi connectivity index (χ4v) is 2.90. The number of aryl methyl sites for hydroxylation is 1. The third-order valence-electron chi connectivity index (χ3n) is 3.25. The smallest absolute Gasteiger partial charge is 0.192 e. The Balaban J connectivity index is 2.26. The fourth-order valence-electron chi connectivity index (χ4n) is 2.08. The van der Waals surface area contributed by atoms with Gasteiger partial charge in [0.25, 0.3) is 0 Å². The van der Waals surface area contributed by atoms with Gasteiger partial charge in [0.15, 0.2) is 16.8 Å². The van der Waals surface area contributed by atoms with Gasteiger partial charge in [0, 0.05) is 12.2 Å². The van der Waals surface area contributed by atoms with E-state index >= 15 is 0 Å². The molecule has 2 heterocycles. The van der Waals surface area contributed by atoms with Crippen LogP contribution in [-0.2, 0) is 11.3 Å². The van der Waals surface area contributed by atoms with Gasteiger partial charge in [-0.2, -0.15) is 5.26 Å². The summed E-state index contributed by atoms with van der Waals surface area (Å²) < 4.78 is 7.15. The number of ketones is 1. The van der Waals surface area contributed by atoms with E-state index in [1.165, 1.54) is 18.7 Å². The van der Waals surface area contributed by atoms with Crippen LogP contribution in [0.5, 0.6) is 0 Å². The Bertz CT molecular complexity index is 837. The third kappa shape index (κ3) is 3.58. The van der Waals surface area contributed by atoms with E-state index in [4.69, 9.17) is 15.4 Å². The molecule has 0 bridgehead atoms. The number of hydrogen-bond donors (Lipinski definition) is 1. The molecule has 0 aliphatic rings. The molecule has 124 valence electrons. The lowest BCUT2D eigenvalue weighted by atomic mass is 10.2. The lowest BCUT2D eigenvalue weighted by Gasteiger charge is -2.07. The first kappa shape index (κ1) is 17.6. The number of nitrogens with two attached hydrogens (primary N) is 1. The number of furan rings is 1. The van der Waals surface area contributed by atoms with Crippen molar-refractivity contribution in [3.05, 3.63) is 42.0 Å². The topological polar surface area (TPSA) is 111 Å². The Labute approximate surface area is 143 Å². The average molecular weight is 343 g/mol. The number of carbonyl (C=O) groups excluding carboxylic acids is 1. The molecule has 0 aliphatic heterocycles. The van der Waals surface area contributed by atoms with Crippen LogP contribution >= 0.6 is 11.8 Å². The zero-order valence-corrected chi connectivity index (χ0v) is 14.3. The second kappa shape index (κ2) is 7.66. The van der Waals surface area contributed by atoms with Crippen LogP contribution in [0.3, 0.4) is 0 Å². The van der Waals surface area contributed by atoms with Gasteiger partial charge in [0.2, 0.25) is 0 Å². The molecule has 2 N–H and O–H groups in total. The van der Waals surface area contributed by atoms with Crippen molar-refractivity contribution >= 4 is 17.5 Å². The van der Waals surface area contributed by atoms with E-state index in [0.717, 1.165) is 11.3 Å². The standard InChI is InChI=1S/C16H17N5O2S/c1-4-6-21-15(12-5-7-23-11(12)3)19-20-16(21)24-9-14(22)13(8-17)10(2)18/h4-5,7H,1,6,9,18H2,2-3H3. The molecule has 0 saturated heterocycles. The van der Waals surface area contributed by atoms with Crippen LogP contribution in [0.1, 0.15) is 12.7 Å². The molecule has 7 nitrogen and oxygen atoms in total. The third-order valence-corrected chi connectivity index (χ3v) is 4.21. The van der Waals surface area contributed by atoms with Crippen molar-refractivity contribution < 1.29 is 9.21 Å². The van der Waals surface area contributed by atoms with Crippen molar-refractivity contribution in [2.24, 2.45) is 5.73 Å². The lowest BCUT2D eigenvalue weighted by molar-refractivity contribution is -0.112. The first-order valence-electron chi connectivity index (χ1n) is 7.10. The molecule has 0 aromatic carbocycles. The maximum Gasteiger partial charge on any atom is 0.192 e. The maximum atomic E-state index is 12.1. The van der Waals surface area contributed by atoms with Crippen LogP contribution in [0.15, 0.2) is 45.8 Å². The molecule has 0 spiro atoms. The summed E-state index contributed by atoms with van der Waals surface area (Å²) in [5.41, 5.74) is 6.57. The highest BCUT2D eigenvalue weighted by Crippen LogP contribution is 2.27. The molecular formula is C16H17N5O2S. The lowest BCUT2D eigenvalue weighted by Crippen LogP contribution is -2.11. The monoisotopic (exact) mass is 343 g/mol. The summed E-state index contributed by atoms with van der Waals surface area (Å²) in [5.74, 6) is 1.09. The first-order valence-corrected chi connectivity index (χ1v) is 8.09. The largest absolute Gasteiger partial charge is 0.469 e. The van der Waals surface area contributed by atoms with Crippen molar-refractivity contribution in [2.75, 3.05) is 5.75 Å². The normalized spacial score (nSPS) is 11.7. The van der Waals surface area contributed by atoms with Crippen LogP contribution < -0.4 is 5.73 Å². The molecule has 0 amide bonds. The van der Waals surface area contributed by atoms with E-state index < -0.39 is 0 Å². The zero-order valence-electron chi connectivity index (χ0n) is 13.4. The van der Waals surface area contributed by atoms with Gasteiger partial charge in [0.1, 0.15) is 17.4 Å². The number of nitrogens with zero attached hydrogens (tertiary/aromatic N) is 4. The number of rotatable bonds is 7. The Morgan fingerprint density at radius 3 is 2.88 bits per heavy atom. The molecule has 0 atom stereocenters. The second-order valence-electron chi connectivity index (χ2n) is 4.98. The maximum absolute atomic E-state index is 12.1. The van der Waals surface area contributed by atoms with E-state index in [-0.39, 0.29) is 22.8 Å². The molecule has 8 heteroatoms. The van der Waals surface area contributed by atoms with Crippen LogP contribution in [-0.4, -0.2) is 26.3 Å². The van der Waals surface area contributed by atoms with E-state index in [0.29, 0.717) is 17.5 Å². The number of hydrogen-bond acceptors (Lipinski definition) is 7. The molecule has 2 rings (SSSR count). The predicted molar refractivity (Wildman–Crippen MR) is 90.9 cm³/mol. The minimum absolute atomic E-state index is 0.0248. The summed E-state index contributed by atoms with van der Waals surface area (Å²) in [4.78, 5) is 12.1. The van der Waals surface area contributed by atoms with Crippen molar-refractivity contribution in [1.29, 1.82) is 5.26 Å². The average Bonchev–Trinajstić information content (AvgIpc) is 3.12. The number of Topliss-reactive ketones (excluding diaryl/α,β-unsaturated/α-hetero) is 1. The van der Waals surface area contributed by atoms with Crippen LogP contribution in [0.2, 0.25) is 0 Å². The molecule has 0 aliphatic carbocycles. The number of allylic oxidation sites excluding steroid dienone is 3. The number of nitriles is 1. The number of thioether (sulfide) groups is 1. The van der Waals surface area contributed by atoms with Gasteiger partial charge in [-0.15, -0.1) is 16.8 Å². The number of carbonyl (C=O) groups is 1. The molecule has 2 aromatic heterocycles. The van der Waals surface area contributed by atoms with Crippen LogP contribution in [0, 0.1) is 18.3 Å². The van der Waals surface area contributed by atoms with Gasteiger partial charge in [-0.3, -0.25) is 9.36 Å². The quantitative estimate of drug-likeness (QED) is 0.356. The first-order chi connectivity index (χ1) is 11.5. The summed E-state index contributed by atoms with van der Waals surface area (Å²) in [6.07, 6.45) is 3.31. The van der Waals surface area contributed by atoms with Gasteiger partial charge >= 0.3 is 0 Å². The van der Waals surface area contributed by atoms with Crippen molar-refractivity contribution in [1.82, 2.24) is 14.8 Å². The summed E-state index contributed by atoms with van der Waals surface area (Å²) >= 11 is 1.20. The SMILES string of the molecule is C=CCn1c(SCC(=O)C(C#N)=C(C)N)nnc1-c1ccoc1C. The van der Waals surface area contributed by atoms with E-state index in [2.05, 4.69) is 16.8 Å². The Kier molecular flexibility index (Phi) is 5.60. The molecule has 24 heavy (non-hydrogen) atoms. The summed E-state index contributed by atoms with van der Waals surface area (Å²) in [6, 6.07) is 3.65. The van der Waals surface area contributed by atoms with E-state index in [1.54, 1.807) is 12.3 Å². The van der Waals surface area contributed by atoms with E-state index in [1.807, 2.05) is 23.6 Å². The summed E-state index contributed by atoms with van der Waals surface area (Å²) in [6.45, 7) is 7.59. The van der Waals surface area contributed by atoms with E-state index in [9.17, 15) is 4.79 Å². The molecule has 0 radical (unpaired) electrons. The summed E-state index contributed by atoms with van der Waals surface area (Å²) in [7, 11) is 0. The van der Waals surface area contributed by atoms with Gasteiger partial charge in [0.05, 0.1) is 17.6 Å². The van der Waals surface area contributed by atoms with Crippen molar-refractivity contribution in [2.45, 2.75) is 25.5 Å². The Morgan fingerprint density at radius 1 is 1.58 bits per heavy atom. The molecule has 0 unspecified atom stereocenters. The van der Waals surface area contributed by atoms with Gasteiger partial charge in [-0.25, -0.2) is 0 Å². The summed E-state index contributed by atoms with van der Waals surface area (Å²) in [5, 5.41) is 17.9. The minimum atomic E-state index is -0.336. The van der Waals surface area contributed by atoms with Crippen molar-refractivity contribution in [3.63, 3.8) is 0 Å². The minimum Gasteiger partial charge on any atom is -0.469 e.